The molecule has 0 aliphatic carbocycles. The summed E-state index contributed by atoms with van der Waals surface area (Å²) in [6.45, 7) is 9.47. The summed E-state index contributed by atoms with van der Waals surface area (Å²) in [5.74, 6) is -0.407. The number of aromatic nitrogens is 2. The van der Waals surface area contributed by atoms with E-state index in [4.69, 9.17) is 4.74 Å². The first-order valence-electron chi connectivity index (χ1n) is 8.81. The molecule has 2 amide bonds. The monoisotopic (exact) mass is 358 g/mol. The molecule has 2 rings (SSSR count). The van der Waals surface area contributed by atoms with Crippen molar-refractivity contribution in [2.24, 2.45) is 0 Å². The lowest BCUT2D eigenvalue weighted by Gasteiger charge is -2.09. The van der Waals surface area contributed by atoms with Gasteiger partial charge in [-0.1, -0.05) is 6.07 Å². The van der Waals surface area contributed by atoms with Crippen molar-refractivity contribution in [3.8, 4) is 0 Å². The maximum atomic E-state index is 12.1. The number of rotatable bonds is 7. The first kappa shape index (κ1) is 19.5. The molecule has 0 aliphatic rings. The van der Waals surface area contributed by atoms with Gasteiger partial charge in [0.15, 0.2) is 0 Å². The number of amides is 2. The molecule has 1 aromatic carbocycles. The molecular formula is C19H26N4O3. The number of carbonyl (C=O) groups is 2. The highest BCUT2D eigenvalue weighted by Crippen LogP contribution is 2.14. The number of nitrogens with one attached hydrogen (secondary N) is 2. The number of anilines is 1. The molecule has 0 unspecified atom stereocenters. The summed E-state index contributed by atoms with van der Waals surface area (Å²) >= 11 is 0. The van der Waals surface area contributed by atoms with Crippen molar-refractivity contribution in [3.63, 3.8) is 0 Å². The van der Waals surface area contributed by atoms with Gasteiger partial charge in [0, 0.05) is 24.5 Å². The van der Waals surface area contributed by atoms with E-state index in [2.05, 4.69) is 22.7 Å². The second kappa shape index (κ2) is 9.03. The standard InChI is InChI=1S/C19H26N4O3/c1-5-23-14(4)17(13(3)22-23)10-11-20-19(25)21-16-9-7-8-15(12-16)18(24)26-6-2/h7-9,12H,5-6,10-11H2,1-4H3,(H2,20,21,25). The van der Waals surface area contributed by atoms with Crippen LogP contribution >= 0.6 is 0 Å². The van der Waals surface area contributed by atoms with Crippen LogP contribution in [0.5, 0.6) is 0 Å². The minimum Gasteiger partial charge on any atom is -0.462 e. The number of ether oxygens (including phenoxy) is 1. The quantitative estimate of drug-likeness (QED) is 0.745. The van der Waals surface area contributed by atoms with Crippen molar-refractivity contribution in [1.29, 1.82) is 0 Å². The van der Waals surface area contributed by atoms with E-state index in [1.165, 1.54) is 0 Å². The number of carbonyl (C=O) groups excluding carboxylic acids is 2. The van der Waals surface area contributed by atoms with Gasteiger partial charge in [-0.3, -0.25) is 4.68 Å². The fourth-order valence-electron chi connectivity index (χ4n) is 2.82. The topological polar surface area (TPSA) is 85.2 Å². The summed E-state index contributed by atoms with van der Waals surface area (Å²) in [5.41, 5.74) is 4.24. The molecule has 7 heteroatoms. The van der Waals surface area contributed by atoms with Crippen LogP contribution in [0.25, 0.3) is 0 Å². The van der Waals surface area contributed by atoms with E-state index in [0.717, 1.165) is 23.5 Å². The maximum Gasteiger partial charge on any atom is 0.338 e. The van der Waals surface area contributed by atoms with Gasteiger partial charge < -0.3 is 15.4 Å². The minimum atomic E-state index is -0.407. The minimum absolute atomic E-state index is 0.310. The Bertz CT molecular complexity index is 783. The Balaban J connectivity index is 1.89. The van der Waals surface area contributed by atoms with Crippen molar-refractivity contribution in [3.05, 3.63) is 46.8 Å². The van der Waals surface area contributed by atoms with Gasteiger partial charge >= 0.3 is 12.0 Å². The summed E-state index contributed by atoms with van der Waals surface area (Å²) in [6.07, 6.45) is 0.716. The molecule has 2 aromatic rings. The number of hydrogen-bond donors (Lipinski definition) is 2. The Morgan fingerprint density at radius 2 is 2.00 bits per heavy atom. The molecule has 0 saturated heterocycles. The van der Waals surface area contributed by atoms with Crippen LogP contribution in [0.3, 0.4) is 0 Å². The van der Waals surface area contributed by atoms with Crippen molar-refractivity contribution < 1.29 is 14.3 Å². The lowest BCUT2D eigenvalue weighted by molar-refractivity contribution is 0.0526. The zero-order valence-electron chi connectivity index (χ0n) is 15.8. The highest BCUT2D eigenvalue weighted by molar-refractivity contribution is 5.93. The van der Waals surface area contributed by atoms with E-state index >= 15 is 0 Å². The van der Waals surface area contributed by atoms with Crippen molar-refractivity contribution >= 4 is 17.7 Å². The van der Waals surface area contributed by atoms with E-state index in [1.807, 2.05) is 18.5 Å². The van der Waals surface area contributed by atoms with Crippen molar-refractivity contribution in [1.82, 2.24) is 15.1 Å². The molecule has 0 atom stereocenters. The van der Waals surface area contributed by atoms with Crippen LogP contribution in [0.1, 0.15) is 41.2 Å². The number of aryl methyl sites for hydroxylation is 2. The molecule has 2 N–H and O–H groups in total. The molecule has 0 spiro atoms. The highest BCUT2D eigenvalue weighted by atomic mass is 16.5. The van der Waals surface area contributed by atoms with E-state index < -0.39 is 5.97 Å². The average molecular weight is 358 g/mol. The average Bonchev–Trinajstić information content (AvgIpc) is 2.89. The van der Waals surface area contributed by atoms with Crippen molar-refractivity contribution in [2.75, 3.05) is 18.5 Å². The van der Waals surface area contributed by atoms with Crippen LogP contribution in [0.15, 0.2) is 24.3 Å². The molecule has 1 heterocycles. The Morgan fingerprint density at radius 3 is 2.65 bits per heavy atom. The van der Waals surface area contributed by atoms with E-state index in [0.29, 0.717) is 30.8 Å². The number of benzene rings is 1. The molecule has 140 valence electrons. The van der Waals surface area contributed by atoms with Gasteiger partial charge in [-0.15, -0.1) is 0 Å². The van der Waals surface area contributed by atoms with Crippen LogP contribution in [-0.4, -0.2) is 34.9 Å². The predicted molar refractivity (Wildman–Crippen MR) is 100 cm³/mol. The normalized spacial score (nSPS) is 10.5. The van der Waals surface area contributed by atoms with Gasteiger partial charge in [-0.05, 0) is 57.9 Å². The van der Waals surface area contributed by atoms with Gasteiger partial charge in [-0.25, -0.2) is 9.59 Å². The zero-order chi connectivity index (χ0) is 19.1. The van der Waals surface area contributed by atoms with Gasteiger partial charge in [0.05, 0.1) is 17.9 Å². The third kappa shape index (κ3) is 4.84. The first-order valence-corrected chi connectivity index (χ1v) is 8.81. The molecule has 1 aromatic heterocycles. The fraction of sp³-hybridized carbons (Fsp3) is 0.421. The van der Waals surface area contributed by atoms with Crippen LogP contribution in [0, 0.1) is 13.8 Å². The van der Waals surface area contributed by atoms with Crippen LogP contribution in [0.4, 0.5) is 10.5 Å². The smallest absolute Gasteiger partial charge is 0.338 e. The Morgan fingerprint density at radius 1 is 1.23 bits per heavy atom. The summed E-state index contributed by atoms with van der Waals surface area (Å²) in [4.78, 5) is 23.8. The van der Waals surface area contributed by atoms with Crippen molar-refractivity contribution in [2.45, 2.75) is 40.7 Å². The van der Waals surface area contributed by atoms with E-state index in [9.17, 15) is 9.59 Å². The molecule has 0 radical (unpaired) electrons. The van der Waals surface area contributed by atoms with Crippen LogP contribution < -0.4 is 10.6 Å². The maximum absolute atomic E-state index is 12.1. The number of urea groups is 1. The molecule has 0 fully saturated rings. The Hall–Kier alpha value is -2.83. The lowest BCUT2D eigenvalue weighted by atomic mass is 10.1. The fourth-order valence-corrected chi connectivity index (χ4v) is 2.82. The SMILES string of the molecule is CCOC(=O)c1cccc(NC(=O)NCCc2c(C)nn(CC)c2C)c1. The number of esters is 1. The summed E-state index contributed by atoms with van der Waals surface area (Å²) in [5, 5.41) is 10.0. The largest absolute Gasteiger partial charge is 0.462 e. The van der Waals surface area contributed by atoms with Gasteiger partial charge in [0.25, 0.3) is 0 Å². The second-order valence-electron chi connectivity index (χ2n) is 5.90. The molecular weight excluding hydrogens is 332 g/mol. The highest BCUT2D eigenvalue weighted by Gasteiger charge is 2.11. The zero-order valence-corrected chi connectivity index (χ0v) is 15.8. The van der Waals surface area contributed by atoms with Gasteiger partial charge in [0.2, 0.25) is 0 Å². The predicted octanol–water partition coefficient (Wildman–Crippen LogP) is 3.06. The molecule has 0 bridgehead atoms. The summed E-state index contributed by atoms with van der Waals surface area (Å²) < 4.78 is 6.92. The first-order chi connectivity index (χ1) is 12.5. The van der Waals surface area contributed by atoms with E-state index in [-0.39, 0.29) is 6.03 Å². The lowest BCUT2D eigenvalue weighted by Crippen LogP contribution is -2.30. The van der Waals surface area contributed by atoms with Gasteiger partial charge in [0.1, 0.15) is 0 Å². The van der Waals surface area contributed by atoms with E-state index in [1.54, 1.807) is 31.2 Å². The number of nitrogens with zero attached hydrogens (tertiary/aromatic N) is 2. The second-order valence-corrected chi connectivity index (χ2v) is 5.90. The summed E-state index contributed by atoms with van der Waals surface area (Å²) in [6, 6.07) is 6.36. The Labute approximate surface area is 153 Å². The van der Waals surface area contributed by atoms with Crippen LogP contribution in [-0.2, 0) is 17.7 Å². The third-order valence-electron chi connectivity index (χ3n) is 4.12. The Kier molecular flexibility index (Phi) is 6.77. The third-order valence-corrected chi connectivity index (χ3v) is 4.12. The summed E-state index contributed by atoms with van der Waals surface area (Å²) in [7, 11) is 0. The molecule has 0 aliphatic heterocycles. The molecule has 26 heavy (non-hydrogen) atoms. The molecule has 0 saturated carbocycles. The number of hydrogen-bond acceptors (Lipinski definition) is 4. The van der Waals surface area contributed by atoms with Gasteiger partial charge in [-0.2, -0.15) is 5.10 Å². The molecule has 7 nitrogen and oxygen atoms in total. The van der Waals surface area contributed by atoms with Crippen LogP contribution in [0.2, 0.25) is 0 Å².